The van der Waals surface area contributed by atoms with Crippen molar-refractivity contribution < 1.29 is 18.8 Å². The minimum atomic E-state index is -0.754. The van der Waals surface area contributed by atoms with Gasteiger partial charge in [0.2, 0.25) is 0 Å². The zero-order valence-electron chi connectivity index (χ0n) is 11.8. The lowest BCUT2D eigenvalue weighted by molar-refractivity contribution is -0.130. The third kappa shape index (κ3) is 2.44. The third-order valence-corrected chi connectivity index (χ3v) is 3.36. The number of nitrogens with one attached hydrogen (secondary N) is 1. The second-order valence-corrected chi connectivity index (χ2v) is 4.83. The molecule has 2 aromatic rings. The van der Waals surface area contributed by atoms with E-state index >= 15 is 0 Å². The molecule has 0 aromatic carbocycles. The van der Waals surface area contributed by atoms with Crippen molar-refractivity contribution in [3.05, 3.63) is 53.8 Å². The standard InChI is InChI=1S/C15H13N3O4/c1-17-6-2-4-10(17)8-12-13(19)16-15(21)18(14(12)20)9-11-5-3-7-22-11/h2-8H,9H2,1H3,(H,16,19,21)/b12-8-. The van der Waals surface area contributed by atoms with E-state index in [-0.39, 0.29) is 12.1 Å². The number of carbonyl (C=O) groups is 3. The molecule has 2 aromatic heterocycles. The molecule has 1 N–H and O–H groups in total. The van der Waals surface area contributed by atoms with Gasteiger partial charge in [0.25, 0.3) is 11.8 Å². The summed E-state index contributed by atoms with van der Waals surface area (Å²) in [6.45, 7) is -0.0323. The predicted molar refractivity (Wildman–Crippen MR) is 76.2 cm³/mol. The van der Waals surface area contributed by atoms with E-state index in [1.54, 1.807) is 42.1 Å². The molecule has 1 fully saturated rings. The molecule has 0 unspecified atom stereocenters. The van der Waals surface area contributed by atoms with Gasteiger partial charge in [-0.2, -0.15) is 0 Å². The van der Waals surface area contributed by atoms with Crippen molar-refractivity contribution in [2.24, 2.45) is 7.05 Å². The van der Waals surface area contributed by atoms with E-state index in [0.717, 1.165) is 4.90 Å². The molecule has 3 rings (SSSR count). The minimum Gasteiger partial charge on any atom is -0.467 e. The average Bonchev–Trinajstić information content (AvgIpc) is 3.11. The number of aromatic nitrogens is 1. The monoisotopic (exact) mass is 299 g/mol. The highest BCUT2D eigenvalue weighted by Gasteiger charge is 2.36. The highest BCUT2D eigenvalue weighted by molar-refractivity contribution is 6.30. The summed E-state index contributed by atoms with van der Waals surface area (Å²) < 4.78 is 6.90. The summed E-state index contributed by atoms with van der Waals surface area (Å²) in [7, 11) is 1.80. The molecule has 4 amide bonds. The summed E-state index contributed by atoms with van der Waals surface area (Å²) in [5.41, 5.74) is 0.596. The van der Waals surface area contributed by atoms with E-state index in [1.807, 2.05) is 0 Å². The van der Waals surface area contributed by atoms with Crippen LogP contribution < -0.4 is 5.32 Å². The molecular weight excluding hydrogens is 286 g/mol. The Balaban J connectivity index is 1.92. The fourth-order valence-electron chi connectivity index (χ4n) is 2.17. The van der Waals surface area contributed by atoms with Crippen LogP contribution in [0.25, 0.3) is 6.08 Å². The third-order valence-electron chi connectivity index (χ3n) is 3.36. The maximum absolute atomic E-state index is 12.4. The zero-order chi connectivity index (χ0) is 15.7. The molecule has 0 saturated carbocycles. The van der Waals surface area contributed by atoms with Crippen LogP contribution >= 0.6 is 0 Å². The molecule has 0 radical (unpaired) electrons. The zero-order valence-corrected chi connectivity index (χ0v) is 11.8. The maximum atomic E-state index is 12.4. The van der Waals surface area contributed by atoms with Gasteiger partial charge in [-0.25, -0.2) is 4.79 Å². The van der Waals surface area contributed by atoms with Gasteiger partial charge in [-0.15, -0.1) is 0 Å². The maximum Gasteiger partial charge on any atom is 0.331 e. The van der Waals surface area contributed by atoms with Crippen molar-refractivity contribution in [2.75, 3.05) is 0 Å². The molecule has 3 heterocycles. The van der Waals surface area contributed by atoms with Crippen LogP contribution in [-0.4, -0.2) is 27.3 Å². The van der Waals surface area contributed by atoms with Gasteiger partial charge in [-0.1, -0.05) is 0 Å². The van der Waals surface area contributed by atoms with Gasteiger partial charge in [0, 0.05) is 18.9 Å². The topological polar surface area (TPSA) is 84.6 Å². The largest absolute Gasteiger partial charge is 0.467 e. The molecule has 0 spiro atoms. The molecule has 7 nitrogen and oxygen atoms in total. The van der Waals surface area contributed by atoms with Crippen LogP contribution in [0.1, 0.15) is 11.5 Å². The lowest BCUT2D eigenvalue weighted by atomic mass is 10.1. The van der Waals surface area contributed by atoms with E-state index in [1.165, 1.54) is 12.3 Å². The van der Waals surface area contributed by atoms with Crippen LogP contribution in [-0.2, 0) is 23.2 Å². The van der Waals surface area contributed by atoms with Gasteiger partial charge in [0.05, 0.1) is 12.8 Å². The van der Waals surface area contributed by atoms with Crippen molar-refractivity contribution in [3.63, 3.8) is 0 Å². The molecular formula is C15H13N3O4. The minimum absolute atomic E-state index is 0.0323. The number of rotatable bonds is 3. The Morgan fingerprint density at radius 2 is 2.05 bits per heavy atom. The number of furan rings is 1. The van der Waals surface area contributed by atoms with Crippen molar-refractivity contribution in [3.8, 4) is 0 Å². The summed E-state index contributed by atoms with van der Waals surface area (Å²) >= 11 is 0. The van der Waals surface area contributed by atoms with Gasteiger partial charge >= 0.3 is 6.03 Å². The van der Waals surface area contributed by atoms with Crippen molar-refractivity contribution >= 4 is 23.9 Å². The quantitative estimate of drug-likeness (QED) is 0.683. The molecule has 0 bridgehead atoms. The van der Waals surface area contributed by atoms with Crippen LogP contribution in [0.3, 0.4) is 0 Å². The predicted octanol–water partition coefficient (Wildman–Crippen LogP) is 1.28. The molecule has 1 aliphatic heterocycles. The number of urea groups is 1. The fraction of sp³-hybridized carbons (Fsp3) is 0.133. The van der Waals surface area contributed by atoms with E-state index < -0.39 is 17.8 Å². The lowest BCUT2D eigenvalue weighted by Gasteiger charge is -2.25. The summed E-state index contributed by atoms with van der Waals surface area (Å²) in [4.78, 5) is 37.2. The fourth-order valence-corrected chi connectivity index (χ4v) is 2.17. The molecule has 1 saturated heterocycles. The number of amides is 4. The van der Waals surface area contributed by atoms with Gasteiger partial charge in [-0.3, -0.25) is 19.8 Å². The molecule has 1 aliphatic rings. The van der Waals surface area contributed by atoms with Gasteiger partial charge in [-0.05, 0) is 30.3 Å². The Morgan fingerprint density at radius 1 is 1.23 bits per heavy atom. The summed E-state index contributed by atoms with van der Waals surface area (Å²) in [5, 5.41) is 2.16. The normalized spacial score (nSPS) is 17.2. The Kier molecular flexibility index (Phi) is 3.38. The Bertz CT molecular complexity index is 771. The number of barbiturate groups is 1. The number of carbonyl (C=O) groups excluding carboxylic acids is 3. The van der Waals surface area contributed by atoms with Crippen LogP contribution in [0.5, 0.6) is 0 Å². The first kappa shape index (κ1) is 13.9. The highest BCUT2D eigenvalue weighted by atomic mass is 16.3. The number of hydrogen-bond acceptors (Lipinski definition) is 4. The van der Waals surface area contributed by atoms with Gasteiger partial charge in [0.1, 0.15) is 11.3 Å². The SMILES string of the molecule is Cn1cccc1/C=C1/C(=O)NC(=O)N(Cc2ccco2)C1=O. The van der Waals surface area contributed by atoms with Crippen LogP contribution in [0.15, 0.2) is 46.7 Å². The van der Waals surface area contributed by atoms with E-state index in [9.17, 15) is 14.4 Å². The molecule has 0 aliphatic carbocycles. The van der Waals surface area contributed by atoms with Crippen LogP contribution in [0.2, 0.25) is 0 Å². The number of hydrogen-bond donors (Lipinski definition) is 1. The Morgan fingerprint density at radius 3 is 2.68 bits per heavy atom. The number of imide groups is 2. The Hall–Kier alpha value is -3.09. The molecule has 0 atom stereocenters. The molecule has 7 heteroatoms. The van der Waals surface area contributed by atoms with Crippen LogP contribution in [0, 0.1) is 0 Å². The number of aryl methyl sites for hydroxylation is 1. The first-order chi connectivity index (χ1) is 10.6. The summed E-state index contributed by atoms with van der Waals surface area (Å²) in [5.74, 6) is -0.894. The Labute approximate surface area is 125 Å². The summed E-state index contributed by atoms with van der Waals surface area (Å²) in [6.07, 6.45) is 4.70. The highest BCUT2D eigenvalue weighted by Crippen LogP contribution is 2.17. The second kappa shape index (κ2) is 5.36. The van der Waals surface area contributed by atoms with E-state index in [4.69, 9.17) is 4.42 Å². The van der Waals surface area contributed by atoms with E-state index in [2.05, 4.69) is 5.32 Å². The first-order valence-corrected chi connectivity index (χ1v) is 6.59. The van der Waals surface area contributed by atoms with Gasteiger partial charge in [0.15, 0.2) is 0 Å². The molecule has 22 heavy (non-hydrogen) atoms. The lowest BCUT2D eigenvalue weighted by Crippen LogP contribution is -2.53. The van der Waals surface area contributed by atoms with Crippen molar-refractivity contribution in [1.29, 1.82) is 0 Å². The number of nitrogens with zero attached hydrogens (tertiary/aromatic N) is 2. The summed E-state index contributed by atoms with van der Waals surface area (Å²) in [6, 6.07) is 6.12. The van der Waals surface area contributed by atoms with Gasteiger partial charge < -0.3 is 8.98 Å². The molecule has 112 valence electrons. The van der Waals surface area contributed by atoms with Crippen LogP contribution in [0.4, 0.5) is 4.79 Å². The van der Waals surface area contributed by atoms with Crippen molar-refractivity contribution in [2.45, 2.75) is 6.54 Å². The second-order valence-electron chi connectivity index (χ2n) is 4.83. The smallest absolute Gasteiger partial charge is 0.331 e. The van der Waals surface area contributed by atoms with E-state index in [0.29, 0.717) is 11.5 Å². The first-order valence-electron chi connectivity index (χ1n) is 6.59. The average molecular weight is 299 g/mol. The van der Waals surface area contributed by atoms with Crippen molar-refractivity contribution in [1.82, 2.24) is 14.8 Å².